The van der Waals surface area contributed by atoms with Gasteiger partial charge in [-0.3, -0.25) is 4.72 Å². The Labute approximate surface area is 163 Å². The third-order valence-electron chi connectivity index (χ3n) is 4.46. The quantitative estimate of drug-likeness (QED) is 0.792. The zero-order valence-electron chi connectivity index (χ0n) is 15.2. The van der Waals surface area contributed by atoms with Gasteiger partial charge in [0.2, 0.25) is 0 Å². The average Bonchev–Trinajstić information content (AvgIpc) is 2.64. The number of carboxylic acid groups (broad SMARTS) is 1. The topological polar surface area (TPSA) is 86.7 Å². The molecule has 0 aromatic heterocycles. The van der Waals surface area contributed by atoms with Crippen LogP contribution in [0.25, 0.3) is 0 Å². The highest BCUT2D eigenvalue weighted by Crippen LogP contribution is 2.28. The maximum atomic E-state index is 12.8. The normalized spacial score (nSPS) is 14.8. The van der Waals surface area contributed by atoms with E-state index in [9.17, 15) is 18.3 Å². The first kappa shape index (κ1) is 19.6. The van der Waals surface area contributed by atoms with Crippen LogP contribution in [-0.2, 0) is 10.0 Å². The molecular weight excluding hydrogens is 384 g/mol. The molecule has 3 rings (SSSR count). The number of rotatable bonds is 5. The molecule has 0 unspecified atom stereocenters. The molecule has 0 amide bonds. The van der Waals surface area contributed by atoms with E-state index in [2.05, 4.69) is 4.72 Å². The number of carbonyl (C=O) groups is 1. The van der Waals surface area contributed by atoms with Crippen LogP contribution in [0.2, 0.25) is 0 Å². The Morgan fingerprint density at radius 1 is 1.11 bits per heavy atom. The third kappa shape index (κ3) is 4.39. The molecule has 27 heavy (non-hydrogen) atoms. The van der Waals surface area contributed by atoms with Gasteiger partial charge in [0.15, 0.2) is 0 Å². The van der Waals surface area contributed by atoms with Crippen molar-refractivity contribution in [2.24, 2.45) is 0 Å². The third-order valence-corrected chi connectivity index (χ3v) is 6.93. The molecule has 0 saturated carbocycles. The van der Waals surface area contributed by atoms with Gasteiger partial charge < -0.3 is 10.0 Å². The highest BCUT2D eigenvalue weighted by molar-refractivity contribution is 7.99. The SMILES string of the molecule is Cc1ccc(C)c(S(=O)(=O)Nc2ccc(N3CCSCC3)c(C(=O)O)c2)c1. The maximum absolute atomic E-state index is 12.8. The molecule has 0 spiro atoms. The van der Waals surface area contributed by atoms with Crippen LogP contribution in [0.1, 0.15) is 21.5 Å². The van der Waals surface area contributed by atoms with E-state index < -0.39 is 16.0 Å². The highest BCUT2D eigenvalue weighted by atomic mass is 32.2. The molecule has 2 N–H and O–H groups in total. The Morgan fingerprint density at radius 2 is 1.81 bits per heavy atom. The maximum Gasteiger partial charge on any atom is 0.337 e. The summed E-state index contributed by atoms with van der Waals surface area (Å²) >= 11 is 1.84. The summed E-state index contributed by atoms with van der Waals surface area (Å²) in [5.74, 6) is 0.816. The molecule has 2 aromatic carbocycles. The predicted molar refractivity (Wildman–Crippen MR) is 110 cm³/mol. The minimum Gasteiger partial charge on any atom is -0.478 e. The van der Waals surface area contributed by atoms with E-state index in [4.69, 9.17) is 0 Å². The first-order valence-electron chi connectivity index (χ1n) is 8.58. The highest BCUT2D eigenvalue weighted by Gasteiger charge is 2.21. The molecule has 144 valence electrons. The standard InChI is InChI=1S/C19H22N2O4S2/c1-13-3-4-14(2)18(11-13)27(24,25)20-15-5-6-17(16(12-15)19(22)23)21-7-9-26-10-8-21/h3-6,11-12,20H,7-10H2,1-2H3,(H,22,23). The van der Waals surface area contributed by atoms with Gasteiger partial charge in [-0.05, 0) is 49.2 Å². The second-order valence-corrected chi connectivity index (χ2v) is 9.39. The van der Waals surface area contributed by atoms with E-state index in [0.717, 1.165) is 30.2 Å². The Kier molecular flexibility index (Phi) is 5.67. The summed E-state index contributed by atoms with van der Waals surface area (Å²) in [7, 11) is -3.81. The number of aromatic carboxylic acids is 1. The largest absolute Gasteiger partial charge is 0.478 e. The van der Waals surface area contributed by atoms with Crippen molar-refractivity contribution in [1.82, 2.24) is 0 Å². The molecule has 2 aromatic rings. The van der Waals surface area contributed by atoms with E-state index in [1.807, 2.05) is 29.7 Å². The van der Waals surface area contributed by atoms with Gasteiger partial charge in [0, 0.05) is 30.3 Å². The van der Waals surface area contributed by atoms with Crippen molar-refractivity contribution < 1.29 is 18.3 Å². The molecule has 0 atom stereocenters. The Morgan fingerprint density at radius 3 is 2.48 bits per heavy atom. The van der Waals surface area contributed by atoms with Crippen LogP contribution in [0.4, 0.5) is 11.4 Å². The first-order chi connectivity index (χ1) is 12.8. The van der Waals surface area contributed by atoms with Gasteiger partial charge in [-0.2, -0.15) is 11.8 Å². The van der Waals surface area contributed by atoms with Crippen molar-refractivity contribution in [1.29, 1.82) is 0 Å². The van der Waals surface area contributed by atoms with E-state index in [1.54, 1.807) is 31.2 Å². The number of thioether (sulfide) groups is 1. The van der Waals surface area contributed by atoms with E-state index in [0.29, 0.717) is 11.3 Å². The van der Waals surface area contributed by atoms with Crippen LogP contribution in [0, 0.1) is 13.8 Å². The summed E-state index contributed by atoms with van der Waals surface area (Å²) in [6, 6.07) is 9.90. The second kappa shape index (κ2) is 7.82. The van der Waals surface area contributed by atoms with Crippen LogP contribution < -0.4 is 9.62 Å². The fourth-order valence-electron chi connectivity index (χ4n) is 3.06. The molecule has 1 aliphatic heterocycles. The fourth-order valence-corrected chi connectivity index (χ4v) is 5.34. The lowest BCUT2D eigenvalue weighted by atomic mass is 10.1. The molecule has 1 aliphatic rings. The zero-order valence-corrected chi connectivity index (χ0v) is 16.9. The molecule has 6 nitrogen and oxygen atoms in total. The number of nitrogens with one attached hydrogen (secondary N) is 1. The van der Waals surface area contributed by atoms with Crippen molar-refractivity contribution >= 4 is 39.1 Å². The van der Waals surface area contributed by atoms with Gasteiger partial charge in [0.1, 0.15) is 0 Å². The Balaban J connectivity index is 1.94. The Bertz CT molecular complexity index is 968. The number of hydrogen-bond acceptors (Lipinski definition) is 5. The monoisotopic (exact) mass is 406 g/mol. The lowest BCUT2D eigenvalue weighted by Gasteiger charge is -2.29. The number of sulfonamides is 1. The van der Waals surface area contributed by atoms with Gasteiger partial charge in [-0.15, -0.1) is 0 Å². The van der Waals surface area contributed by atoms with Crippen LogP contribution in [0.3, 0.4) is 0 Å². The summed E-state index contributed by atoms with van der Waals surface area (Å²) in [6.45, 7) is 5.11. The molecule has 0 bridgehead atoms. The minimum atomic E-state index is -3.81. The van der Waals surface area contributed by atoms with Gasteiger partial charge >= 0.3 is 5.97 Å². The van der Waals surface area contributed by atoms with Crippen molar-refractivity contribution in [2.45, 2.75) is 18.7 Å². The first-order valence-corrected chi connectivity index (χ1v) is 11.2. The minimum absolute atomic E-state index is 0.100. The van der Waals surface area contributed by atoms with Gasteiger partial charge in [-0.1, -0.05) is 12.1 Å². The number of carboxylic acids is 1. The smallest absolute Gasteiger partial charge is 0.337 e. The molecule has 1 saturated heterocycles. The summed E-state index contributed by atoms with van der Waals surface area (Å²) in [5.41, 5.74) is 2.43. The van der Waals surface area contributed by atoms with Crippen LogP contribution in [0.5, 0.6) is 0 Å². The summed E-state index contributed by atoms with van der Waals surface area (Å²) in [6.07, 6.45) is 0. The number of aryl methyl sites for hydroxylation is 2. The summed E-state index contributed by atoms with van der Waals surface area (Å²) in [5, 5.41) is 9.61. The van der Waals surface area contributed by atoms with Crippen LogP contribution in [0.15, 0.2) is 41.3 Å². The average molecular weight is 407 g/mol. The lowest BCUT2D eigenvalue weighted by molar-refractivity contribution is 0.0697. The van der Waals surface area contributed by atoms with E-state index in [1.165, 1.54) is 6.07 Å². The van der Waals surface area contributed by atoms with Crippen molar-refractivity contribution in [3.05, 3.63) is 53.1 Å². The second-order valence-electron chi connectivity index (χ2n) is 6.51. The van der Waals surface area contributed by atoms with Gasteiger partial charge in [0.05, 0.1) is 16.1 Å². The van der Waals surface area contributed by atoms with E-state index >= 15 is 0 Å². The van der Waals surface area contributed by atoms with E-state index in [-0.39, 0.29) is 16.1 Å². The predicted octanol–water partition coefficient (Wildman–Crippen LogP) is 3.36. The molecule has 1 heterocycles. The molecule has 0 aliphatic carbocycles. The number of hydrogen-bond donors (Lipinski definition) is 2. The zero-order chi connectivity index (χ0) is 19.6. The number of benzene rings is 2. The molecular formula is C19H22N2O4S2. The number of anilines is 2. The lowest BCUT2D eigenvalue weighted by Crippen LogP contribution is -2.33. The summed E-state index contributed by atoms with van der Waals surface area (Å²) < 4.78 is 28.1. The van der Waals surface area contributed by atoms with Gasteiger partial charge in [-0.25, -0.2) is 13.2 Å². The van der Waals surface area contributed by atoms with Crippen molar-refractivity contribution in [3.63, 3.8) is 0 Å². The van der Waals surface area contributed by atoms with Crippen LogP contribution in [-0.4, -0.2) is 44.1 Å². The van der Waals surface area contributed by atoms with Crippen LogP contribution >= 0.6 is 11.8 Å². The van der Waals surface area contributed by atoms with Crippen molar-refractivity contribution in [3.8, 4) is 0 Å². The van der Waals surface area contributed by atoms with Crippen molar-refractivity contribution in [2.75, 3.05) is 34.2 Å². The molecule has 8 heteroatoms. The Hall–Kier alpha value is -2.19. The summed E-state index contributed by atoms with van der Waals surface area (Å²) in [4.78, 5) is 14.0. The molecule has 1 fully saturated rings. The van der Waals surface area contributed by atoms with Gasteiger partial charge in [0.25, 0.3) is 10.0 Å². The number of nitrogens with zero attached hydrogens (tertiary/aromatic N) is 1. The fraction of sp³-hybridized carbons (Fsp3) is 0.316. The molecule has 0 radical (unpaired) electrons.